The predicted octanol–water partition coefficient (Wildman–Crippen LogP) is 6.75. The third kappa shape index (κ3) is 6.74. The van der Waals surface area contributed by atoms with Crippen LogP contribution >= 0.6 is 8.25 Å². The summed E-state index contributed by atoms with van der Waals surface area (Å²) in [5.74, 6) is 0. The second-order valence-electron chi connectivity index (χ2n) is 12.3. The van der Waals surface area contributed by atoms with Crippen LogP contribution < -0.4 is 20.7 Å². The molecule has 0 unspecified atom stereocenters. The van der Waals surface area contributed by atoms with Gasteiger partial charge in [-0.25, -0.2) is 0 Å². The summed E-state index contributed by atoms with van der Waals surface area (Å²) < 4.78 is 37.8. The third-order valence-corrected chi connectivity index (χ3v) is 18.2. The zero-order valence-electron chi connectivity index (χ0n) is 25.4. The molecule has 0 spiro atoms. The normalized spacial score (nSPS) is 12.7. The largest absolute Gasteiger partial charge is 0.702 e. The number of hydrogen-bond donors (Lipinski definition) is 0. The van der Waals surface area contributed by atoms with Gasteiger partial charge in [-0.2, -0.15) is 0 Å². The molecule has 5 nitrogen and oxygen atoms in total. The van der Waals surface area contributed by atoms with Crippen molar-refractivity contribution >= 4 is 45.6 Å². The van der Waals surface area contributed by atoms with Crippen LogP contribution in [0.1, 0.15) is 41.5 Å². The minimum atomic E-state index is -2.82. The molecule has 0 fully saturated rings. The zero-order chi connectivity index (χ0) is 30.3. The third-order valence-electron chi connectivity index (χ3n) is 7.70. The lowest BCUT2D eigenvalue weighted by Gasteiger charge is -2.42. The van der Waals surface area contributed by atoms with E-state index in [0.29, 0.717) is 0 Å². The molecule has 0 bridgehead atoms. The number of hydrogen-bond acceptors (Lipinski definition) is 5. The van der Waals surface area contributed by atoms with Gasteiger partial charge < -0.3 is 8.85 Å². The Hall–Kier alpha value is -2.75. The Morgan fingerprint density at radius 1 is 0.476 bits per heavy atom. The molecule has 4 rings (SSSR count). The van der Waals surface area contributed by atoms with E-state index in [4.69, 9.17) is 17.9 Å². The summed E-state index contributed by atoms with van der Waals surface area (Å²) in [6.45, 7) is 12.8. The van der Waals surface area contributed by atoms with Crippen molar-refractivity contribution in [2.45, 2.75) is 51.6 Å². The maximum atomic E-state index is 13.0. The van der Waals surface area contributed by atoms with Crippen LogP contribution in [0.2, 0.25) is 10.1 Å². The molecule has 0 aromatic heterocycles. The molecule has 0 atom stereocenters. The minimum absolute atomic E-state index is 0.165. The highest BCUT2D eigenvalue weighted by molar-refractivity contribution is 7.33. The second kappa shape index (κ2) is 13.7. The molecule has 0 amide bonds. The Bertz CT molecular complexity index is 1220. The molecule has 4 aromatic rings. The smallest absolute Gasteiger partial charge is 0.381 e. The SMILES string of the molecule is CC(C)(C)[Si](OCO[P+](=O)OCO[Si](c1ccccc1)(c1ccccc1)C(C)(C)C)(c1ccccc1)c1ccccc1. The molecule has 0 heterocycles. The van der Waals surface area contributed by atoms with Crippen LogP contribution in [-0.2, 0) is 22.5 Å². The summed E-state index contributed by atoms with van der Waals surface area (Å²) in [5.41, 5.74) is 0. The van der Waals surface area contributed by atoms with E-state index in [2.05, 4.69) is 90.1 Å². The van der Waals surface area contributed by atoms with Gasteiger partial charge in [0.1, 0.15) is 0 Å². The number of benzene rings is 4. The predicted molar refractivity (Wildman–Crippen MR) is 177 cm³/mol. The van der Waals surface area contributed by atoms with E-state index in [1.165, 1.54) is 0 Å². The highest BCUT2D eigenvalue weighted by Crippen LogP contribution is 2.39. The van der Waals surface area contributed by atoms with E-state index in [9.17, 15) is 4.57 Å². The highest BCUT2D eigenvalue weighted by atomic mass is 31.1. The summed E-state index contributed by atoms with van der Waals surface area (Å²) in [6, 6.07) is 41.1. The molecule has 0 aliphatic heterocycles. The molecule has 220 valence electrons. The fourth-order valence-electron chi connectivity index (χ4n) is 5.88. The summed E-state index contributed by atoms with van der Waals surface area (Å²) in [4.78, 5) is 0. The molecule has 0 N–H and O–H groups in total. The second-order valence-corrected chi connectivity index (χ2v) is 21.9. The van der Waals surface area contributed by atoms with E-state index in [1.807, 2.05) is 72.8 Å². The quantitative estimate of drug-likeness (QED) is 0.100. The van der Waals surface area contributed by atoms with Crippen LogP contribution in [0.3, 0.4) is 0 Å². The summed E-state index contributed by atoms with van der Waals surface area (Å²) in [7, 11) is -8.14. The molecule has 0 radical (unpaired) electrons. The van der Waals surface area contributed by atoms with Gasteiger partial charge in [-0.1, -0.05) is 172 Å². The molecular weight excluding hydrogens is 576 g/mol. The summed E-state index contributed by atoms with van der Waals surface area (Å²) in [6.07, 6.45) is 0. The lowest BCUT2D eigenvalue weighted by molar-refractivity contribution is 0.0619. The monoisotopic (exact) mass is 617 g/mol. The first-order chi connectivity index (χ1) is 20.0. The van der Waals surface area contributed by atoms with Crippen LogP contribution in [0.4, 0.5) is 0 Å². The first kappa shape index (κ1) is 32.2. The Morgan fingerprint density at radius 3 is 0.929 bits per heavy atom. The van der Waals surface area contributed by atoms with Gasteiger partial charge in [0, 0.05) is 4.57 Å². The Labute approximate surface area is 254 Å². The molecule has 8 heteroatoms. The lowest BCUT2D eigenvalue weighted by atomic mass is 10.2. The van der Waals surface area contributed by atoms with E-state index >= 15 is 0 Å². The van der Waals surface area contributed by atoms with E-state index < -0.39 is 24.9 Å². The molecular formula is C34H42O5PSi2+. The van der Waals surface area contributed by atoms with Crippen molar-refractivity contribution < 1.29 is 22.5 Å². The van der Waals surface area contributed by atoms with Gasteiger partial charge in [0.25, 0.3) is 16.6 Å². The average molecular weight is 618 g/mol. The van der Waals surface area contributed by atoms with Crippen molar-refractivity contribution in [3.63, 3.8) is 0 Å². The molecule has 0 saturated heterocycles. The van der Waals surface area contributed by atoms with Crippen molar-refractivity contribution in [2.75, 3.05) is 13.6 Å². The molecule has 0 aliphatic carbocycles. The molecule has 4 aromatic carbocycles. The zero-order valence-corrected chi connectivity index (χ0v) is 28.3. The van der Waals surface area contributed by atoms with Gasteiger partial charge in [-0.05, 0) is 30.8 Å². The van der Waals surface area contributed by atoms with Gasteiger partial charge >= 0.3 is 8.25 Å². The highest BCUT2D eigenvalue weighted by Gasteiger charge is 2.52. The van der Waals surface area contributed by atoms with Crippen LogP contribution in [0.25, 0.3) is 0 Å². The molecule has 42 heavy (non-hydrogen) atoms. The van der Waals surface area contributed by atoms with Gasteiger partial charge in [-0.15, -0.1) is 0 Å². The first-order valence-electron chi connectivity index (χ1n) is 14.3. The first-order valence-corrected chi connectivity index (χ1v) is 19.2. The lowest BCUT2D eigenvalue weighted by Crippen LogP contribution is -2.66. The maximum absolute atomic E-state index is 13.0. The van der Waals surface area contributed by atoms with Gasteiger partial charge in [0.2, 0.25) is 0 Å². The van der Waals surface area contributed by atoms with Gasteiger partial charge in [0.05, 0.1) is 0 Å². The van der Waals surface area contributed by atoms with Crippen LogP contribution in [-0.4, -0.2) is 30.2 Å². The fourth-order valence-corrected chi connectivity index (χ4v) is 15.2. The van der Waals surface area contributed by atoms with E-state index in [1.54, 1.807) is 0 Å². The standard InChI is InChI=1S/C34H42O5PSi2/c1-33(2,3)41(29-19-11-7-12-20-29,30-21-13-8-14-22-30)38-27-36-40(35)37-28-39-42(34(4,5)6,31-23-15-9-16-24-31)32-25-17-10-18-26-32/h7-26H,27-28H2,1-6H3/q+1. The van der Waals surface area contributed by atoms with Gasteiger partial charge in [-0.3, -0.25) is 0 Å². The van der Waals surface area contributed by atoms with Crippen molar-refractivity contribution in [1.29, 1.82) is 0 Å². The van der Waals surface area contributed by atoms with Crippen molar-refractivity contribution in [1.82, 2.24) is 0 Å². The molecule has 0 aliphatic rings. The molecule has 0 saturated carbocycles. The Kier molecular flexibility index (Phi) is 10.5. The minimum Gasteiger partial charge on any atom is -0.381 e. The summed E-state index contributed by atoms with van der Waals surface area (Å²) >= 11 is 0. The van der Waals surface area contributed by atoms with Crippen molar-refractivity contribution in [3.8, 4) is 0 Å². The Balaban J connectivity index is 1.51. The maximum Gasteiger partial charge on any atom is 0.702 e. The Morgan fingerprint density at radius 2 is 0.714 bits per heavy atom. The van der Waals surface area contributed by atoms with Crippen molar-refractivity contribution in [3.05, 3.63) is 121 Å². The average Bonchev–Trinajstić information content (AvgIpc) is 2.98. The van der Waals surface area contributed by atoms with E-state index in [0.717, 1.165) is 20.7 Å². The van der Waals surface area contributed by atoms with Crippen LogP contribution in [0, 0.1) is 0 Å². The van der Waals surface area contributed by atoms with Crippen molar-refractivity contribution in [2.24, 2.45) is 0 Å². The topological polar surface area (TPSA) is 54.0 Å². The van der Waals surface area contributed by atoms with Crippen LogP contribution in [0.5, 0.6) is 0 Å². The number of rotatable bonds is 12. The summed E-state index contributed by atoms with van der Waals surface area (Å²) in [5, 5.41) is 4.05. The van der Waals surface area contributed by atoms with Gasteiger partial charge in [0.15, 0.2) is 13.6 Å². The van der Waals surface area contributed by atoms with Crippen LogP contribution in [0.15, 0.2) is 121 Å². The fraction of sp³-hybridized carbons (Fsp3) is 0.294. The van der Waals surface area contributed by atoms with E-state index in [-0.39, 0.29) is 23.7 Å².